The Morgan fingerprint density at radius 2 is 2.15 bits per heavy atom. The van der Waals surface area contributed by atoms with Gasteiger partial charge in [-0.25, -0.2) is 20.0 Å². The monoisotopic (exact) mass is 278 g/mol. The van der Waals surface area contributed by atoms with Crippen LogP contribution in [0.1, 0.15) is 25.7 Å². The number of rotatable bonds is 8. The molecule has 0 bridgehead atoms. The molecule has 2 rings (SSSR count). The Kier molecular flexibility index (Phi) is 4.70. The zero-order valence-corrected chi connectivity index (χ0v) is 11.1. The smallest absolute Gasteiger partial charge is 0.303 e. The zero-order valence-electron chi connectivity index (χ0n) is 11.1. The fourth-order valence-corrected chi connectivity index (χ4v) is 2.02. The SMILES string of the molecule is NC1(CNCCCCCC(=O)O)N=CN=C2N=CN=C21. The molecule has 2 aliphatic heterocycles. The van der Waals surface area contributed by atoms with E-state index in [0.29, 0.717) is 24.5 Å². The van der Waals surface area contributed by atoms with Crippen molar-refractivity contribution < 1.29 is 9.90 Å². The Hall–Kier alpha value is -1.93. The first-order chi connectivity index (χ1) is 9.62. The number of fused-ring (bicyclic) bond motifs is 1. The van der Waals surface area contributed by atoms with Crippen LogP contribution in [0.5, 0.6) is 0 Å². The zero-order chi connectivity index (χ0) is 14.4. The summed E-state index contributed by atoms with van der Waals surface area (Å²) in [6, 6.07) is 0. The van der Waals surface area contributed by atoms with Gasteiger partial charge in [-0.2, -0.15) is 0 Å². The highest BCUT2D eigenvalue weighted by Crippen LogP contribution is 2.14. The molecule has 2 aliphatic rings. The number of carbonyl (C=O) groups is 1. The molecule has 0 aromatic carbocycles. The molecule has 0 radical (unpaired) electrons. The number of unbranched alkanes of at least 4 members (excludes halogenated alkanes) is 2. The second-order valence-corrected chi connectivity index (χ2v) is 4.72. The van der Waals surface area contributed by atoms with Crippen LogP contribution in [0, 0.1) is 0 Å². The summed E-state index contributed by atoms with van der Waals surface area (Å²) in [5.41, 5.74) is 5.85. The number of hydrogen-bond acceptors (Lipinski definition) is 7. The maximum absolute atomic E-state index is 10.4. The van der Waals surface area contributed by atoms with E-state index in [1.54, 1.807) is 0 Å². The van der Waals surface area contributed by atoms with Crippen molar-refractivity contribution in [3.8, 4) is 0 Å². The molecular weight excluding hydrogens is 260 g/mol. The first kappa shape index (κ1) is 14.5. The van der Waals surface area contributed by atoms with Crippen molar-refractivity contribution in [2.24, 2.45) is 25.7 Å². The topological polar surface area (TPSA) is 125 Å². The number of amidine groups is 1. The number of nitrogens with two attached hydrogens (primary N) is 1. The van der Waals surface area contributed by atoms with Gasteiger partial charge in [-0.05, 0) is 19.4 Å². The third kappa shape index (κ3) is 3.55. The summed E-state index contributed by atoms with van der Waals surface area (Å²) in [6.07, 6.45) is 5.52. The van der Waals surface area contributed by atoms with Crippen molar-refractivity contribution >= 4 is 30.2 Å². The van der Waals surface area contributed by atoms with Crippen LogP contribution < -0.4 is 11.1 Å². The van der Waals surface area contributed by atoms with Gasteiger partial charge in [-0.3, -0.25) is 4.79 Å². The van der Waals surface area contributed by atoms with Crippen molar-refractivity contribution in [2.45, 2.75) is 31.3 Å². The third-order valence-corrected chi connectivity index (χ3v) is 3.10. The van der Waals surface area contributed by atoms with Gasteiger partial charge in [0.05, 0.1) is 0 Å². The van der Waals surface area contributed by atoms with Gasteiger partial charge in [0.15, 0.2) is 11.5 Å². The number of aliphatic carboxylic acids is 1. The Labute approximate surface area is 116 Å². The molecule has 108 valence electrons. The Morgan fingerprint density at radius 1 is 1.30 bits per heavy atom. The Balaban J connectivity index is 1.68. The molecule has 0 amide bonds. The Bertz CT molecular complexity index is 496. The van der Waals surface area contributed by atoms with Crippen molar-refractivity contribution in [2.75, 3.05) is 13.1 Å². The van der Waals surface area contributed by atoms with Crippen LogP contribution in [0.25, 0.3) is 0 Å². The molecule has 1 unspecified atom stereocenters. The van der Waals surface area contributed by atoms with E-state index in [-0.39, 0.29) is 6.42 Å². The van der Waals surface area contributed by atoms with Gasteiger partial charge in [0.25, 0.3) is 0 Å². The number of nitrogens with one attached hydrogen (secondary N) is 1. The van der Waals surface area contributed by atoms with Crippen molar-refractivity contribution in [1.82, 2.24) is 5.32 Å². The summed E-state index contributed by atoms with van der Waals surface area (Å²) in [5.74, 6) is -0.229. The number of nitrogens with zero attached hydrogens (tertiary/aromatic N) is 4. The average molecular weight is 278 g/mol. The molecule has 8 heteroatoms. The first-order valence-corrected chi connectivity index (χ1v) is 6.56. The Morgan fingerprint density at radius 3 is 2.95 bits per heavy atom. The van der Waals surface area contributed by atoms with E-state index >= 15 is 0 Å². The molecule has 20 heavy (non-hydrogen) atoms. The van der Waals surface area contributed by atoms with E-state index in [2.05, 4.69) is 25.3 Å². The van der Waals surface area contributed by atoms with Crippen molar-refractivity contribution in [3.63, 3.8) is 0 Å². The fraction of sp³-hybridized carbons (Fsp3) is 0.583. The van der Waals surface area contributed by atoms with Crippen LogP contribution in [-0.2, 0) is 4.79 Å². The van der Waals surface area contributed by atoms with Gasteiger partial charge in [0, 0.05) is 13.0 Å². The minimum absolute atomic E-state index is 0.221. The van der Waals surface area contributed by atoms with Crippen LogP contribution >= 0.6 is 0 Å². The van der Waals surface area contributed by atoms with Gasteiger partial charge in [0.2, 0.25) is 0 Å². The molecule has 8 nitrogen and oxygen atoms in total. The molecule has 0 aromatic heterocycles. The fourth-order valence-electron chi connectivity index (χ4n) is 2.02. The first-order valence-electron chi connectivity index (χ1n) is 6.56. The van der Waals surface area contributed by atoms with Crippen molar-refractivity contribution in [3.05, 3.63) is 0 Å². The molecule has 0 saturated heterocycles. The highest BCUT2D eigenvalue weighted by molar-refractivity contribution is 6.50. The molecule has 0 fully saturated rings. The molecule has 0 saturated carbocycles. The number of carboxylic acid groups (broad SMARTS) is 1. The lowest BCUT2D eigenvalue weighted by atomic mass is 10.0. The number of hydrogen-bond donors (Lipinski definition) is 3. The standard InChI is InChI=1S/C12H18N6O2/c13-12(6-14-5-3-1-2-4-9(19)20)10-11(16-7-15-10)17-8-18-12/h7-8,14H,1-6,13H2,(H,19,20). The van der Waals surface area contributed by atoms with Crippen LogP contribution in [0.15, 0.2) is 20.0 Å². The maximum atomic E-state index is 10.4. The highest BCUT2D eigenvalue weighted by atomic mass is 16.4. The molecule has 4 N–H and O–H groups in total. The lowest BCUT2D eigenvalue weighted by Gasteiger charge is -2.26. The van der Waals surface area contributed by atoms with E-state index in [1.807, 2.05) is 0 Å². The van der Waals surface area contributed by atoms with Crippen LogP contribution in [-0.4, -0.2) is 54.1 Å². The van der Waals surface area contributed by atoms with E-state index in [0.717, 1.165) is 19.4 Å². The highest BCUT2D eigenvalue weighted by Gasteiger charge is 2.37. The van der Waals surface area contributed by atoms with Gasteiger partial charge in [-0.1, -0.05) is 6.42 Å². The molecular formula is C12H18N6O2. The molecule has 0 spiro atoms. The average Bonchev–Trinajstić information content (AvgIpc) is 2.87. The third-order valence-electron chi connectivity index (χ3n) is 3.10. The van der Waals surface area contributed by atoms with Gasteiger partial charge in [0.1, 0.15) is 18.4 Å². The number of aliphatic imine (C=N–C) groups is 4. The molecule has 2 heterocycles. The van der Waals surface area contributed by atoms with Gasteiger partial charge in [-0.15, -0.1) is 0 Å². The van der Waals surface area contributed by atoms with Gasteiger partial charge < -0.3 is 16.2 Å². The van der Waals surface area contributed by atoms with Gasteiger partial charge >= 0.3 is 5.97 Å². The largest absolute Gasteiger partial charge is 0.481 e. The summed E-state index contributed by atoms with van der Waals surface area (Å²) in [7, 11) is 0. The lowest BCUT2D eigenvalue weighted by Crippen LogP contribution is -2.56. The second kappa shape index (κ2) is 6.49. The van der Waals surface area contributed by atoms with E-state index in [1.165, 1.54) is 12.7 Å². The summed E-state index contributed by atoms with van der Waals surface area (Å²) in [5, 5.41) is 11.7. The quantitative estimate of drug-likeness (QED) is 0.531. The van der Waals surface area contributed by atoms with E-state index < -0.39 is 11.6 Å². The predicted molar refractivity (Wildman–Crippen MR) is 77.7 cm³/mol. The van der Waals surface area contributed by atoms with Crippen LogP contribution in [0.4, 0.5) is 0 Å². The minimum atomic E-state index is -0.922. The predicted octanol–water partition coefficient (Wildman–Crippen LogP) is -0.201. The van der Waals surface area contributed by atoms with Crippen LogP contribution in [0.2, 0.25) is 0 Å². The van der Waals surface area contributed by atoms with Crippen LogP contribution in [0.3, 0.4) is 0 Å². The second-order valence-electron chi connectivity index (χ2n) is 4.72. The van der Waals surface area contributed by atoms with Crippen molar-refractivity contribution in [1.29, 1.82) is 0 Å². The number of carboxylic acids is 1. The summed E-state index contributed by atoms with van der Waals surface area (Å²) < 4.78 is 0. The summed E-state index contributed by atoms with van der Waals surface area (Å²) in [6.45, 7) is 1.21. The summed E-state index contributed by atoms with van der Waals surface area (Å²) in [4.78, 5) is 26.7. The molecule has 1 atom stereocenters. The minimum Gasteiger partial charge on any atom is -0.481 e. The summed E-state index contributed by atoms with van der Waals surface area (Å²) >= 11 is 0. The maximum Gasteiger partial charge on any atom is 0.303 e. The lowest BCUT2D eigenvalue weighted by molar-refractivity contribution is -0.137. The molecule has 0 aliphatic carbocycles. The van der Waals surface area contributed by atoms with E-state index in [9.17, 15) is 4.79 Å². The molecule has 0 aromatic rings. The van der Waals surface area contributed by atoms with E-state index in [4.69, 9.17) is 10.8 Å². The normalized spacial score (nSPS) is 23.4.